The number of morpholine rings is 1. The maximum atomic E-state index is 12.3. The number of carbonyl (C=O) groups excluding carboxylic acids is 1. The summed E-state index contributed by atoms with van der Waals surface area (Å²) in [6, 6.07) is -0.153. The first-order chi connectivity index (χ1) is 9.66. The van der Waals surface area contributed by atoms with Gasteiger partial charge in [-0.2, -0.15) is 0 Å². The Kier molecular flexibility index (Phi) is 11.4. The molecule has 0 radical (unpaired) electrons. The van der Waals surface area contributed by atoms with E-state index in [4.69, 9.17) is 9.47 Å². The summed E-state index contributed by atoms with van der Waals surface area (Å²) in [7, 11) is 0. The Morgan fingerprint density at radius 2 is 1.95 bits per heavy atom. The van der Waals surface area contributed by atoms with Crippen LogP contribution in [0.25, 0.3) is 0 Å². The van der Waals surface area contributed by atoms with Gasteiger partial charge in [0.15, 0.2) is 0 Å². The fraction of sp³-hybridized carbons (Fsp3) is 0.929. The van der Waals surface area contributed by atoms with Crippen LogP contribution in [0.4, 0.5) is 0 Å². The Morgan fingerprint density at radius 3 is 2.50 bits per heavy atom. The molecular formula is C14H29Cl2N3O3. The van der Waals surface area contributed by atoms with E-state index in [1.807, 2.05) is 4.90 Å². The van der Waals surface area contributed by atoms with Crippen LogP contribution in [0.2, 0.25) is 0 Å². The molecule has 0 aromatic carbocycles. The van der Waals surface area contributed by atoms with E-state index in [9.17, 15) is 4.79 Å². The predicted molar refractivity (Wildman–Crippen MR) is 91.2 cm³/mol. The Hall–Kier alpha value is -0.110. The van der Waals surface area contributed by atoms with Crippen LogP contribution in [-0.4, -0.2) is 86.9 Å². The minimum absolute atomic E-state index is 0. The number of ether oxygens (including phenoxy) is 2. The van der Waals surface area contributed by atoms with E-state index in [-0.39, 0.29) is 42.9 Å². The first kappa shape index (κ1) is 21.9. The van der Waals surface area contributed by atoms with Gasteiger partial charge in [-0.3, -0.25) is 9.69 Å². The summed E-state index contributed by atoms with van der Waals surface area (Å²) in [5.74, 6) is 0.183. The van der Waals surface area contributed by atoms with Crippen molar-refractivity contribution in [1.82, 2.24) is 15.1 Å². The molecule has 22 heavy (non-hydrogen) atoms. The summed E-state index contributed by atoms with van der Waals surface area (Å²) in [6.07, 6.45) is 0.287. The molecule has 2 aliphatic rings. The number of piperazine rings is 1. The average Bonchev–Trinajstić information content (AvgIpc) is 2.48. The van der Waals surface area contributed by atoms with Crippen LogP contribution in [0.15, 0.2) is 0 Å². The largest absolute Gasteiger partial charge is 0.378 e. The fourth-order valence-corrected chi connectivity index (χ4v) is 2.55. The molecule has 2 heterocycles. The lowest BCUT2D eigenvalue weighted by Crippen LogP contribution is -2.57. The number of rotatable bonds is 5. The summed E-state index contributed by atoms with van der Waals surface area (Å²) in [4.78, 5) is 16.6. The lowest BCUT2D eigenvalue weighted by Gasteiger charge is -2.37. The normalized spacial score (nSPS) is 22.9. The van der Waals surface area contributed by atoms with Crippen molar-refractivity contribution >= 4 is 30.7 Å². The number of nitrogens with zero attached hydrogens (tertiary/aromatic N) is 2. The Morgan fingerprint density at radius 1 is 1.27 bits per heavy atom. The van der Waals surface area contributed by atoms with Gasteiger partial charge < -0.3 is 19.7 Å². The van der Waals surface area contributed by atoms with Gasteiger partial charge in [0.2, 0.25) is 5.91 Å². The van der Waals surface area contributed by atoms with E-state index in [2.05, 4.69) is 24.1 Å². The number of nitrogens with one attached hydrogen (secondary N) is 1. The average molecular weight is 358 g/mol. The van der Waals surface area contributed by atoms with E-state index in [1.165, 1.54) is 0 Å². The fourth-order valence-electron chi connectivity index (χ4n) is 2.55. The molecule has 0 spiro atoms. The third-order valence-corrected chi connectivity index (χ3v) is 3.76. The van der Waals surface area contributed by atoms with Gasteiger partial charge in [0.05, 0.1) is 25.9 Å². The minimum atomic E-state index is -0.153. The van der Waals surface area contributed by atoms with Gasteiger partial charge in [-0.25, -0.2) is 0 Å². The predicted octanol–water partition coefficient (Wildman–Crippen LogP) is 0.388. The number of carbonyl (C=O) groups is 1. The first-order valence-electron chi connectivity index (χ1n) is 7.60. The standard InChI is InChI=1S/C14H27N3O3.2ClH/c1-12(2)20-10-8-16-4-6-17(7-5-16)14(18)13-11-19-9-3-15-13;;/h12-13,15H,3-11H2,1-2H3;2*1H. The highest BCUT2D eigenvalue weighted by atomic mass is 35.5. The summed E-state index contributed by atoms with van der Waals surface area (Å²) in [5, 5.41) is 3.22. The molecule has 1 amide bonds. The van der Waals surface area contributed by atoms with Crippen LogP contribution in [0.5, 0.6) is 0 Å². The molecule has 2 saturated heterocycles. The maximum absolute atomic E-state index is 12.3. The van der Waals surface area contributed by atoms with Crippen LogP contribution >= 0.6 is 24.8 Å². The van der Waals surface area contributed by atoms with Gasteiger partial charge in [0.25, 0.3) is 0 Å². The Bertz CT molecular complexity index is 308. The summed E-state index contributed by atoms with van der Waals surface area (Å²) in [5.41, 5.74) is 0. The second-order valence-electron chi connectivity index (χ2n) is 5.67. The van der Waals surface area contributed by atoms with Crippen molar-refractivity contribution in [3.8, 4) is 0 Å². The quantitative estimate of drug-likeness (QED) is 0.771. The van der Waals surface area contributed by atoms with Crippen molar-refractivity contribution in [3.63, 3.8) is 0 Å². The zero-order chi connectivity index (χ0) is 14.4. The molecule has 1 N–H and O–H groups in total. The highest BCUT2D eigenvalue weighted by molar-refractivity contribution is 5.85. The second-order valence-corrected chi connectivity index (χ2v) is 5.67. The third kappa shape index (κ3) is 6.98. The van der Waals surface area contributed by atoms with Crippen LogP contribution in [-0.2, 0) is 14.3 Å². The Labute approximate surface area is 145 Å². The van der Waals surface area contributed by atoms with E-state index in [0.717, 1.165) is 45.9 Å². The number of amides is 1. The van der Waals surface area contributed by atoms with Gasteiger partial charge >= 0.3 is 0 Å². The second kappa shape index (κ2) is 11.4. The molecule has 0 aliphatic carbocycles. The van der Waals surface area contributed by atoms with Crippen molar-refractivity contribution in [1.29, 1.82) is 0 Å². The van der Waals surface area contributed by atoms with Crippen molar-refractivity contribution in [2.45, 2.75) is 26.0 Å². The molecule has 0 aromatic heterocycles. The van der Waals surface area contributed by atoms with Gasteiger partial charge in [0.1, 0.15) is 6.04 Å². The molecule has 0 saturated carbocycles. The third-order valence-electron chi connectivity index (χ3n) is 3.76. The van der Waals surface area contributed by atoms with Crippen LogP contribution < -0.4 is 5.32 Å². The summed E-state index contributed by atoms with van der Waals surface area (Å²) in [6.45, 7) is 11.3. The molecule has 2 rings (SSSR count). The minimum Gasteiger partial charge on any atom is -0.378 e. The lowest BCUT2D eigenvalue weighted by atomic mass is 10.2. The number of hydrogen-bond acceptors (Lipinski definition) is 5. The molecule has 8 heteroatoms. The molecule has 0 aromatic rings. The van der Waals surface area contributed by atoms with Crippen molar-refractivity contribution in [2.24, 2.45) is 0 Å². The van der Waals surface area contributed by atoms with Crippen molar-refractivity contribution < 1.29 is 14.3 Å². The van der Waals surface area contributed by atoms with Gasteiger partial charge in [0, 0.05) is 39.3 Å². The van der Waals surface area contributed by atoms with E-state index in [0.29, 0.717) is 13.2 Å². The lowest BCUT2D eigenvalue weighted by molar-refractivity contribution is -0.138. The number of halogens is 2. The maximum Gasteiger partial charge on any atom is 0.242 e. The van der Waals surface area contributed by atoms with Gasteiger partial charge in [-0.1, -0.05) is 0 Å². The molecule has 2 aliphatic heterocycles. The molecule has 2 fully saturated rings. The monoisotopic (exact) mass is 357 g/mol. The highest BCUT2D eigenvalue weighted by Crippen LogP contribution is 2.06. The topological polar surface area (TPSA) is 54.0 Å². The highest BCUT2D eigenvalue weighted by Gasteiger charge is 2.28. The molecular weight excluding hydrogens is 329 g/mol. The van der Waals surface area contributed by atoms with Crippen molar-refractivity contribution in [2.75, 3.05) is 59.1 Å². The van der Waals surface area contributed by atoms with Crippen LogP contribution in [0.1, 0.15) is 13.8 Å². The number of hydrogen-bond donors (Lipinski definition) is 1. The SMILES string of the molecule is CC(C)OCCN1CCN(C(=O)C2COCCN2)CC1.Cl.Cl. The van der Waals surface area contributed by atoms with Crippen molar-refractivity contribution in [3.05, 3.63) is 0 Å². The molecule has 132 valence electrons. The van der Waals surface area contributed by atoms with Gasteiger partial charge in [-0.05, 0) is 13.8 Å². The van der Waals surface area contributed by atoms with E-state index < -0.39 is 0 Å². The van der Waals surface area contributed by atoms with E-state index in [1.54, 1.807) is 0 Å². The van der Waals surface area contributed by atoms with Gasteiger partial charge in [-0.15, -0.1) is 24.8 Å². The molecule has 0 bridgehead atoms. The summed E-state index contributed by atoms with van der Waals surface area (Å²) >= 11 is 0. The molecule has 6 nitrogen and oxygen atoms in total. The smallest absolute Gasteiger partial charge is 0.242 e. The van der Waals surface area contributed by atoms with Crippen LogP contribution in [0.3, 0.4) is 0 Å². The molecule has 1 unspecified atom stereocenters. The van der Waals surface area contributed by atoms with Crippen LogP contribution in [0, 0.1) is 0 Å². The summed E-state index contributed by atoms with van der Waals surface area (Å²) < 4.78 is 10.9. The first-order valence-corrected chi connectivity index (χ1v) is 7.60. The zero-order valence-corrected chi connectivity index (χ0v) is 15.1. The Balaban J connectivity index is 0.00000220. The zero-order valence-electron chi connectivity index (χ0n) is 13.5. The molecule has 1 atom stereocenters. The van der Waals surface area contributed by atoms with E-state index >= 15 is 0 Å².